The molecule has 0 saturated carbocycles. The number of nitrogens with two attached hydrogens (primary N) is 2. The van der Waals surface area contributed by atoms with Gasteiger partial charge in [-0.3, -0.25) is 4.79 Å². The van der Waals surface area contributed by atoms with Crippen LogP contribution in [0.5, 0.6) is 0 Å². The van der Waals surface area contributed by atoms with Crippen molar-refractivity contribution >= 4 is 11.7 Å². The van der Waals surface area contributed by atoms with Crippen LogP contribution in [0.2, 0.25) is 0 Å². The van der Waals surface area contributed by atoms with E-state index in [4.69, 9.17) is 11.5 Å². The summed E-state index contributed by atoms with van der Waals surface area (Å²) in [7, 11) is 0. The van der Waals surface area contributed by atoms with Crippen molar-refractivity contribution in [2.45, 2.75) is 40.3 Å². The van der Waals surface area contributed by atoms with Gasteiger partial charge in [-0.2, -0.15) is 0 Å². The van der Waals surface area contributed by atoms with Gasteiger partial charge in [-0.05, 0) is 39.3 Å². The lowest BCUT2D eigenvalue weighted by Gasteiger charge is -2.29. The SMILES string of the molecule is Cc1cc(C)c(CN)c(N(CC(N)=O)C(C)C)n1. The maximum absolute atomic E-state index is 11.2. The molecule has 1 heterocycles. The van der Waals surface area contributed by atoms with Crippen molar-refractivity contribution in [3.05, 3.63) is 22.9 Å². The zero-order valence-electron chi connectivity index (χ0n) is 11.5. The second kappa shape index (κ2) is 5.82. The molecule has 0 atom stereocenters. The average Bonchev–Trinajstić information content (AvgIpc) is 2.24. The molecule has 1 aromatic rings. The van der Waals surface area contributed by atoms with Crippen molar-refractivity contribution in [3.8, 4) is 0 Å². The van der Waals surface area contributed by atoms with Crippen molar-refractivity contribution in [1.82, 2.24) is 4.98 Å². The van der Waals surface area contributed by atoms with E-state index < -0.39 is 0 Å². The molecule has 0 aliphatic heterocycles. The summed E-state index contributed by atoms with van der Waals surface area (Å²) >= 11 is 0. The van der Waals surface area contributed by atoms with Crippen LogP contribution >= 0.6 is 0 Å². The smallest absolute Gasteiger partial charge is 0.237 e. The van der Waals surface area contributed by atoms with Crippen molar-refractivity contribution in [3.63, 3.8) is 0 Å². The quantitative estimate of drug-likeness (QED) is 0.811. The van der Waals surface area contributed by atoms with Crippen molar-refractivity contribution < 1.29 is 4.79 Å². The molecule has 0 aliphatic carbocycles. The van der Waals surface area contributed by atoms with Crippen molar-refractivity contribution in [2.24, 2.45) is 11.5 Å². The zero-order valence-corrected chi connectivity index (χ0v) is 11.5. The zero-order chi connectivity index (χ0) is 13.9. The highest BCUT2D eigenvalue weighted by Crippen LogP contribution is 2.23. The summed E-state index contributed by atoms with van der Waals surface area (Å²) in [4.78, 5) is 17.6. The molecule has 0 saturated heterocycles. The van der Waals surface area contributed by atoms with E-state index in [1.807, 2.05) is 38.7 Å². The normalized spacial score (nSPS) is 10.8. The number of anilines is 1. The van der Waals surface area contributed by atoms with Gasteiger partial charge in [0.2, 0.25) is 5.91 Å². The monoisotopic (exact) mass is 250 g/mol. The Balaban J connectivity index is 3.30. The van der Waals surface area contributed by atoms with Gasteiger partial charge in [0.1, 0.15) is 5.82 Å². The third-order valence-electron chi connectivity index (χ3n) is 2.88. The fourth-order valence-corrected chi connectivity index (χ4v) is 2.00. The van der Waals surface area contributed by atoms with E-state index in [0.717, 1.165) is 22.6 Å². The molecule has 1 amide bonds. The van der Waals surface area contributed by atoms with Gasteiger partial charge in [0, 0.05) is 23.8 Å². The lowest BCUT2D eigenvalue weighted by molar-refractivity contribution is -0.116. The average molecular weight is 250 g/mol. The maximum atomic E-state index is 11.2. The van der Waals surface area contributed by atoms with Gasteiger partial charge in [-0.25, -0.2) is 4.98 Å². The lowest BCUT2D eigenvalue weighted by atomic mass is 10.1. The van der Waals surface area contributed by atoms with Gasteiger partial charge in [-0.15, -0.1) is 0 Å². The molecule has 5 heteroatoms. The van der Waals surface area contributed by atoms with E-state index in [1.165, 1.54) is 0 Å². The topological polar surface area (TPSA) is 85.2 Å². The van der Waals surface area contributed by atoms with Gasteiger partial charge >= 0.3 is 0 Å². The van der Waals surface area contributed by atoms with Gasteiger partial charge in [-0.1, -0.05) is 0 Å². The number of hydrogen-bond donors (Lipinski definition) is 2. The minimum Gasteiger partial charge on any atom is -0.368 e. The molecule has 0 bridgehead atoms. The molecule has 0 radical (unpaired) electrons. The Hall–Kier alpha value is -1.62. The summed E-state index contributed by atoms with van der Waals surface area (Å²) in [6.07, 6.45) is 0. The molecular formula is C13H22N4O. The highest BCUT2D eigenvalue weighted by atomic mass is 16.1. The molecule has 1 rings (SSSR count). The third-order valence-corrected chi connectivity index (χ3v) is 2.88. The van der Waals surface area contributed by atoms with E-state index in [2.05, 4.69) is 4.98 Å². The number of carbonyl (C=O) groups is 1. The Morgan fingerprint density at radius 1 is 1.44 bits per heavy atom. The van der Waals surface area contributed by atoms with Crippen LogP contribution < -0.4 is 16.4 Å². The molecular weight excluding hydrogens is 228 g/mol. The van der Waals surface area contributed by atoms with Crippen molar-refractivity contribution in [1.29, 1.82) is 0 Å². The van der Waals surface area contributed by atoms with Crippen LogP contribution in [0.4, 0.5) is 5.82 Å². The summed E-state index contributed by atoms with van der Waals surface area (Å²) in [6.45, 7) is 8.49. The number of hydrogen-bond acceptors (Lipinski definition) is 4. The van der Waals surface area contributed by atoms with E-state index >= 15 is 0 Å². The summed E-state index contributed by atoms with van der Waals surface area (Å²) in [5.41, 5.74) is 14.1. The van der Waals surface area contributed by atoms with E-state index in [0.29, 0.717) is 6.54 Å². The largest absolute Gasteiger partial charge is 0.368 e. The Kier molecular flexibility index (Phi) is 4.67. The molecule has 0 aliphatic rings. The van der Waals surface area contributed by atoms with Gasteiger partial charge < -0.3 is 16.4 Å². The highest BCUT2D eigenvalue weighted by molar-refractivity contribution is 5.79. The van der Waals surface area contributed by atoms with Gasteiger partial charge in [0.25, 0.3) is 0 Å². The number of nitrogens with zero attached hydrogens (tertiary/aromatic N) is 2. The number of rotatable bonds is 5. The van der Waals surface area contributed by atoms with E-state index in [9.17, 15) is 4.79 Å². The first-order valence-corrected chi connectivity index (χ1v) is 6.09. The Bertz CT molecular complexity index is 443. The Morgan fingerprint density at radius 3 is 2.50 bits per heavy atom. The Labute approximate surface area is 108 Å². The molecule has 0 unspecified atom stereocenters. The molecule has 5 nitrogen and oxygen atoms in total. The molecule has 0 spiro atoms. The standard InChI is InChI=1S/C13H22N4O/c1-8(2)17(7-12(15)18)13-11(6-14)9(3)5-10(4)16-13/h5,8H,6-7,14H2,1-4H3,(H2,15,18). The number of amides is 1. The summed E-state index contributed by atoms with van der Waals surface area (Å²) in [5, 5.41) is 0. The first-order chi connectivity index (χ1) is 8.36. The second-order valence-electron chi connectivity index (χ2n) is 4.77. The number of carbonyl (C=O) groups excluding carboxylic acids is 1. The minimum absolute atomic E-state index is 0.136. The maximum Gasteiger partial charge on any atom is 0.237 e. The van der Waals surface area contributed by atoms with Crippen LogP contribution in [0.1, 0.15) is 30.7 Å². The summed E-state index contributed by atoms with van der Waals surface area (Å²) in [6, 6.07) is 2.13. The highest BCUT2D eigenvalue weighted by Gasteiger charge is 2.19. The number of aryl methyl sites for hydroxylation is 2. The van der Waals surface area contributed by atoms with Crippen LogP contribution in [0.15, 0.2) is 6.07 Å². The summed E-state index contributed by atoms with van der Waals surface area (Å²) < 4.78 is 0. The molecule has 100 valence electrons. The van der Waals surface area contributed by atoms with Crippen LogP contribution in [0.25, 0.3) is 0 Å². The van der Waals surface area contributed by atoms with Crippen LogP contribution in [0, 0.1) is 13.8 Å². The fraction of sp³-hybridized carbons (Fsp3) is 0.538. The fourth-order valence-electron chi connectivity index (χ4n) is 2.00. The molecule has 0 fully saturated rings. The minimum atomic E-state index is -0.368. The van der Waals surface area contributed by atoms with E-state index in [-0.39, 0.29) is 18.5 Å². The van der Waals surface area contributed by atoms with Gasteiger partial charge in [0.15, 0.2) is 0 Å². The first-order valence-electron chi connectivity index (χ1n) is 6.09. The summed E-state index contributed by atoms with van der Waals surface area (Å²) in [5.74, 6) is 0.399. The predicted molar refractivity (Wildman–Crippen MR) is 73.3 cm³/mol. The predicted octanol–water partition coefficient (Wildman–Crippen LogP) is 0.857. The first kappa shape index (κ1) is 14.4. The molecule has 18 heavy (non-hydrogen) atoms. The third kappa shape index (κ3) is 3.20. The van der Waals surface area contributed by atoms with Crippen LogP contribution in [0.3, 0.4) is 0 Å². The second-order valence-corrected chi connectivity index (χ2v) is 4.77. The van der Waals surface area contributed by atoms with Gasteiger partial charge in [0.05, 0.1) is 6.54 Å². The van der Waals surface area contributed by atoms with E-state index in [1.54, 1.807) is 0 Å². The number of pyridine rings is 1. The van der Waals surface area contributed by atoms with Crippen molar-refractivity contribution in [2.75, 3.05) is 11.4 Å². The molecule has 1 aromatic heterocycles. The lowest BCUT2D eigenvalue weighted by Crippen LogP contribution is -2.40. The molecule has 4 N–H and O–H groups in total. The Morgan fingerprint density at radius 2 is 2.06 bits per heavy atom. The van der Waals surface area contributed by atoms with Crippen LogP contribution in [-0.2, 0) is 11.3 Å². The van der Waals surface area contributed by atoms with Crippen LogP contribution in [-0.4, -0.2) is 23.5 Å². The number of aromatic nitrogens is 1. The number of primary amides is 1. The molecule has 0 aromatic carbocycles.